The molecule has 1 heterocycles. The van der Waals surface area contributed by atoms with Crippen LogP contribution in [0.2, 0.25) is 0 Å². The summed E-state index contributed by atoms with van der Waals surface area (Å²) < 4.78 is 14.5. The van der Waals surface area contributed by atoms with Gasteiger partial charge in [-0.15, -0.1) is 11.6 Å². The van der Waals surface area contributed by atoms with Gasteiger partial charge in [0, 0.05) is 31.7 Å². The van der Waals surface area contributed by atoms with Crippen molar-refractivity contribution >= 4 is 19.0 Å². The van der Waals surface area contributed by atoms with E-state index in [2.05, 4.69) is 16.7 Å². The van der Waals surface area contributed by atoms with Crippen molar-refractivity contribution in [1.29, 1.82) is 0 Å². The van der Waals surface area contributed by atoms with Crippen molar-refractivity contribution in [2.75, 3.05) is 31.7 Å². The maximum Gasteiger partial charge on any atom is 0.213 e. The van der Waals surface area contributed by atoms with E-state index in [0.29, 0.717) is 5.88 Å². The molecule has 1 atom stereocenters. The topological polar surface area (TPSA) is 32.3 Å². The molecule has 0 aromatic carbocycles. The third-order valence-corrected chi connectivity index (χ3v) is 5.66. The Morgan fingerprint density at radius 2 is 2.29 bits per heavy atom. The average molecular weight is 239 g/mol. The van der Waals surface area contributed by atoms with Gasteiger partial charge < -0.3 is 0 Å². The minimum Gasteiger partial charge on any atom is -0.289 e. The van der Waals surface area contributed by atoms with Crippen LogP contribution < -0.4 is 5.09 Å². The summed E-state index contributed by atoms with van der Waals surface area (Å²) >= 11 is 5.71. The highest BCUT2D eigenvalue weighted by molar-refractivity contribution is 7.59. The fourth-order valence-corrected chi connectivity index (χ4v) is 4.84. The first-order chi connectivity index (χ1) is 6.73. The minimum absolute atomic E-state index is 0.567. The molecule has 3 nitrogen and oxygen atoms in total. The van der Waals surface area contributed by atoms with Gasteiger partial charge in [-0.05, 0) is 19.3 Å². The van der Waals surface area contributed by atoms with E-state index in [0.717, 1.165) is 45.1 Å². The number of alkyl halides is 1. The van der Waals surface area contributed by atoms with Crippen molar-refractivity contribution in [2.24, 2.45) is 0 Å². The number of hydrogen-bond acceptors (Lipinski definition) is 1. The number of halogens is 1. The van der Waals surface area contributed by atoms with Gasteiger partial charge in [-0.2, -0.15) is 0 Å². The third kappa shape index (κ3) is 3.23. The molecule has 0 radical (unpaired) electrons. The Labute approximate surface area is 91.7 Å². The van der Waals surface area contributed by atoms with Crippen LogP contribution in [0.1, 0.15) is 26.2 Å². The zero-order chi connectivity index (χ0) is 10.4. The van der Waals surface area contributed by atoms with Crippen LogP contribution in [-0.4, -0.2) is 36.3 Å². The molecule has 0 aromatic rings. The van der Waals surface area contributed by atoms with E-state index in [9.17, 15) is 4.57 Å². The molecule has 1 N–H and O–H groups in total. The Balaban J connectivity index is 2.55. The van der Waals surface area contributed by atoms with Gasteiger partial charge in [0.25, 0.3) is 0 Å². The minimum atomic E-state index is -2.26. The van der Waals surface area contributed by atoms with Gasteiger partial charge in [0.1, 0.15) is 0 Å². The summed E-state index contributed by atoms with van der Waals surface area (Å²) in [6.07, 6.45) is 4.06. The zero-order valence-electron chi connectivity index (χ0n) is 8.84. The molecule has 1 fully saturated rings. The Kier molecular flexibility index (Phi) is 5.47. The molecule has 1 saturated heterocycles. The summed E-state index contributed by atoms with van der Waals surface area (Å²) in [6.45, 7) is 4.61. The van der Waals surface area contributed by atoms with Crippen LogP contribution in [0.5, 0.6) is 0 Å². The van der Waals surface area contributed by atoms with Gasteiger partial charge in [0.05, 0.1) is 0 Å². The normalized spacial score (nSPS) is 29.3. The molecule has 1 rings (SSSR count). The molecular formula is C9H20ClN2OP. The van der Waals surface area contributed by atoms with Crippen molar-refractivity contribution in [3.05, 3.63) is 0 Å². The predicted molar refractivity (Wildman–Crippen MR) is 62.3 cm³/mol. The van der Waals surface area contributed by atoms with Crippen molar-refractivity contribution in [1.82, 2.24) is 9.76 Å². The van der Waals surface area contributed by atoms with Crippen molar-refractivity contribution < 1.29 is 4.57 Å². The van der Waals surface area contributed by atoms with E-state index in [1.165, 1.54) is 0 Å². The van der Waals surface area contributed by atoms with Crippen molar-refractivity contribution in [3.63, 3.8) is 0 Å². The van der Waals surface area contributed by atoms with Crippen molar-refractivity contribution in [3.8, 4) is 0 Å². The highest BCUT2D eigenvalue weighted by Gasteiger charge is 2.31. The van der Waals surface area contributed by atoms with Gasteiger partial charge >= 0.3 is 0 Å². The summed E-state index contributed by atoms with van der Waals surface area (Å²) in [7, 11) is -2.26. The summed E-state index contributed by atoms with van der Waals surface area (Å²) in [5.74, 6) is 0.567. The molecule has 0 aromatic heterocycles. The van der Waals surface area contributed by atoms with E-state index in [1.807, 2.05) is 0 Å². The van der Waals surface area contributed by atoms with Crippen LogP contribution >= 0.6 is 19.0 Å². The fraction of sp³-hybridized carbons (Fsp3) is 1.00. The van der Waals surface area contributed by atoms with E-state index in [1.54, 1.807) is 0 Å². The molecule has 1 unspecified atom stereocenters. The monoisotopic (exact) mass is 238 g/mol. The van der Waals surface area contributed by atoms with Crippen LogP contribution in [-0.2, 0) is 4.57 Å². The maximum atomic E-state index is 12.5. The maximum absolute atomic E-state index is 12.5. The first-order valence-corrected chi connectivity index (χ1v) is 7.76. The molecule has 0 amide bonds. The third-order valence-electron chi connectivity index (χ3n) is 2.54. The smallest absolute Gasteiger partial charge is 0.213 e. The van der Waals surface area contributed by atoms with E-state index >= 15 is 0 Å². The second-order valence-electron chi connectivity index (χ2n) is 3.68. The molecule has 1 aliphatic heterocycles. The second kappa shape index (κ2) is 6.12. The molecule has 5 heteroatoms. The Morgan fingerprint density at radius 3 is 2.93 bits per heavy atom. The number of nitrogens with zero attached hydrogens (tertiary/aromatic N) is 1. The lowest BCUT2D eigenvalue weighted by Gasteiger charge is -2.35. The van der Waals surface area contributed by atoms with Crippen LogP contribution in [0, 0.1) is 0 Å². The van der Waals surface area contributed by atoms with Crippen molar-refractivity contribution in [2.45, 2.75) is 26.2 Å². The summed E-state index contributed by atoms with van der Waals surface area (Å²) in [6, 6.07) is 0. The molecule has 1 aliphatic rings. The fourth-order valence-electron chi connectivity index (χ4n) is 1.76. The van der Waals surface area contributed by atoms with Crippen LogP contribution in [0.4, 0.5) is 0 Å². The standard InChI is InChI=1S/C9H20ClN2OP/c1-2-6-11-14(13)9-4-3-7-12(14)8-5-10/h2-9H2,1H3,(H,11,13). The summed E-state index contributed by atoms with van der Waals surface area (Å²) in [5.41, 5.74) is 0. The zero-order valence-corrected chi connectivity index (χ0v) is 10.5. The van der Waals surface area contributed by atoms with Gasteiger partial charge in [-0.1, -0.05) is 6.92 Å². The lowest BCUT2D eigenvalue weighted by atomic mass is 10.3. The Morgan fingerprint density at radius 1 is 1.50 bits per heavy atom. The highest BCUT2D eigenvalue weighted by Crippen LogP contribution is 2.48. The van der Waals surface area contributed by atoms with Crippen LogP contribution in [0.25, 0.3) is 0 Å². The van der Waals surface area contributed by atoms with Crippen LogP contribution in [0.3, 0.4) is 0 Å². The lowest BCUT2D eigenvalue weighted by molar-refractivity contribution is 0.387. The van der Waals surface area contributed by atoms with Crippen LogP contribution in [0.15, 0.2) is 0 Å². The summed E-state index contributed by atoms with van der Waals surface area (Å²) in [5, 5.41) is 3.21. The predicted octanol–water partition coefficient (Wildman–Crippen LogP) is 2.51. The van der Waals surface area contributed by atoms with E-state index in [-0.39, 0.29) is 0 Å². The molecule has 14 heavy (non-hydrogen) atoms. The second-order valence-corrected chi connectivity index (χ2v) is 6.79. The molecule has 0 saturated carbocycles. The van der Waals surface area contributed by atoms with E-state index in [4.69, 9.17) is 11.6 Å². The molecule has 0 bridgehead atoms. The average Bonchev–Trinajstić information content (AvgIpc) is 2.19. The molecular weight excluding hydrogens is 219 g/mol. The number of rotatable bonds is 5. The number of hydrogen-bond donors (Lipinski definition) is 1. The van der Waals surface area contributed by atoms with E-state index < -0.39 is 7.44 Å². The highest BCUT2D eigenvalue weighted by atomic mass is 35.5. The number of nitrogens with one attached hydrogen (secondary N) is 1. The quantitative estimate of drug-likeness (QED) is 0.590. The first-order valence-electron chi connectivity index (χ1n) is 5.38. The summed E-state index contributed by atoms with van der Waals surface area (Å²) in [4.78, 5) is 0. The largest absolute Gasteiger partial charge is 0.289 e. The molecule has 0 spiro atoms. The van der Waals surface area contributed by atoms with Gasteiger partial charge in [-0.25, -0.2) is 4.67 Å². The van der Waals surface area contributed by atoms with Gasteiger partial charge in [0.15, 0.2) is 0 Å². The lowest BCUT2D eigenvalue weighted by Crippen LogP contribution is -2.35. The molecule has 84 valence electrons. The Bertz CT molecular complexity index is 211. The van der Waals surface area contributed by atoms with Gasteiger partial charge in [0.2, 0.25) is 7.44 Å². The molecule has 0 aliphatic carbocycles. The Hall–Kier alpha value is 0.440. The van der Waals surface area contributed by atoms with Gasteiger partial charge in [-0.3, -0.25) is 9.65 Å². The first kappa shape index (κ1) is 12.5. The SMILES string of the molecule is CCCNP1(=O)CCCCN1CCCl.